The molecule has 3 aromatic rings. The van der Waals surface area contributed by atoms with E-state index < -0.39 is 5.97 Å². The van der Waals surface area contributed by atoms with Gasteiger partial charge in [0.25, 0.3) is 0 Å². The number of hydrogen-bond acceptors (Lipinski definition) is 6. The first-order valence-electron chi connectivity index (χ1n) is 9.16. The Kier molecular flexibility index (Phi) is 5.22. The molecule has 1 heterocycles. The molecule has 0 amide bonds. The molecule has 0 radical (unpaired) electrons. The summed E-state index contributed by atoms with van der Waals surface area (Å²) >= 11 is 0. The first-order chi connectivity index (χ1) is 14.6. The highest BCUT2D eigenvalue weighted by atomic mass is 16.5. The number of hydrogen-bond donors (Lipinski definition) is 0. The van der Waals surface area contributed by atoms with Crippen LogP contribution in [0.15, 0.2) is 72.5 Å². The van der Waals surface area contributed by atoms with Crippen molar-refractivity contribution >= 4 is 17.8 Å². The largest absolute Gasteiger partial charge is 0.497 e. The molecular weight excluding hydrogens is 384 g/mol. The lowest BCUT2D eigenvalue weighted by molar-refractivity contribution is 0.0734. The Morgan fingerprint density at radius 3 is 2.33 bits per heavy atom. The Labute approximate surface area is 173 Å². The van der Waals surface area contributed by atoms with E-state index in [-0.39, 0.29) is 17.3 Å². The number of esters is 1. The van der Waals surface area contributed by atoms with Gasteiger partial charge in [-0.3, -0.25) is 4.79 Å². The number of benzene rings is 3. The van der Waals surface area contributed by atoms with E-state index in [9.17, 15) is 9.59 Å². The second-order valence-corrected chi connectivity index (χ2v) is 6.49. The van der Waals surface area contributed by atoms with Crippen LogP contribution in [0.2, 0.25) is 0 Å². The molecule has 1 aliphatic heterocycles. The van der Waals surface area contributed by atoms with Crippen molar-refractivity contribution in [3.05, 3.63) is 89.2 Å². The Morgan fingerprint density at radius 2 is 1.60 bits per heavy atom. The third-order valence-corrected chi connectivity index (χ3v) is 4.57. The van der Waals surface area contributed by atoms with Crippen molar-refractivity contribution in [1.82, 2.24) is 0 Å². The molecule has 0 unspecified atom stereocenters. The molecule has 0 bridgehead atoms. The quantitative estimate of drug-likeness (QED) is 0.355. The zero-order valence-corrected chi connectivity index (χ0v) is 16.4. The van der Waals surface area contributed by atoms with E-state index in [0.29, 0.717) is 22.6 Å². The van der Waals surface area contributed by atoms with Crippen molar-refractivity contribution in [2.75, 3.05) is 14.2 Å². The standard InChI is InChI=1S/C24H18O6/c1-27-17-8-6-15(7-9-17)12-22-23(25)20-11-10-19(14-21(20)30-22)29-24(26)16-4-3-5-18(13-16)28-2/h3-14H,1-2H3/b22-12-. The van der Waals surface area contributed by atoms with Crippen molar-refractivity contribution in [3.8, 4) is 23.0 Å². The second kappa shape index (κ2) is 8.13. The van der Waals surface area contributed by atoms with Crippen LogP contribution in [0.5, 0.6) is 23.0 Å². The summed E-state index contributed by atoms with van der Waals surface area (Å²) in [6, 6.07) is 18.6. The van der Waals surface area contributed by atoms with Crippen LogP contribution in [-0.2, 0) is 0 Å². The fourth-order valence-corrected chi connectivity index (χ4v) is 3.00. The highest BCUT2D eigenvalue weighted by molar-refractivity contribution is 6.14. The van der Waals surface area contributed by atoms with Crippen LogP contribution in [0.25, 0.3) is 6.08 Å². The van der Waals surface area contributed by atoms with Gasteiger partial charge in [-0.15, -0.1) is 0 Å². The van der Waals surface area contributed by atoms with E-state index in [0.717, 1.165) is 11.3 Å². The zero-order valence-electron chi connectivity index (χ0n) is 16.4. The molecule has 6 nitrogen and oxygen atoms in total. The summed E-state index contributed by atoms with van der Waals surface area (Å²) in [5.41, 5.74) is 1.57. The van der Waals surface area contributed by atoms with Crippen LogP contribution >= 0.6 is 0 Å². The normalized spacial score (nSPS) is 13.5. The van der Waals surface area contributed by atoms with Gasteiger partial charge in [-0.25, -0.2) is 4.79 Å². The molecule has 4 rings (SSSR count). The maximum absolute atomic E-state index is 12.6. The van der Waals surface area contributed by atoms with E-state index in [2.05, 4.69) is 0 Å². The number of carbonyl (C=O) groups is 2. The Balaban J connectivity index is 1.52. The zero-order chi connectivity index (χ0) is 21.1. The number of ketones is 1. The van der Waals surface area contributed by atoms with E-state index >= 15 is 0 Å². The molecule has 0 N–H and O–H groups in total. The summed E-state index contributed by atoms with van der Waals surface area (Å²) in [6.07, 6.45) is 1.66. The molecule has 0 spiro atoms. The molecule has 0 saturated carbocycles. The van der Waals surface area contributed by atoms with Gasteiger partial charge < -0.3 is 18.9 Å². The lowest BCUT2D eigenvalue weighted by atomic mass is 10.1. The van der Waals surface area contributed by atoms with Gasteiger partial charge in [0.15, 0.2) is 5.76 Å². The molecule has 6 heteroatoms. The molecule has 1 aliphatic rings. The number of allylic oxidation sites excluding steroid dienone is 1. The Hall–Kier alpha value is -4.06. The minimum atomic E-state index is -0.535. The van der Waals surface area contributed by atoms with Crippen molar-refractivity contribution in [3.63, 3.8) is 0 Å². The predicted octanol–water partition coefficient (Wildman–Crippen LogP) is 4.54. The van der Waals surface area contributed by atoms with Gasteiger partial charge in [0.2, 0.25) is 5.78 Å². The van der Waals surface area contributed by atoms with Gasteiger partial charge in [0, 0.05) is 6.07 Å². The summed E-state index contributed by atoms with van der Waals surface area (Å²) in [6.45, 7) is 0. The first kappa shape index (κ1) is 19.3. The van der Waals surface area contributed by atoms with Crippen LogP contribution < -0.4 is 18.9 Å². The number of rotatable bonds is 5. The van der Waals surface area contributed by atoms with Gasteiger partial charge in [0.05, 0.1) is 25.3 Å². The number of fused-ring (bicyclic) bond motifs is 1. The van der Waals surface area contributed by atoms with Crippen LogP contribution in [0.4, 0.5) is 0 Å². The highest BCUT2D eigenvalue weighted by Gasteiger charge is 2.28. The molecule has 0 fully saturated rings. The number of ether oxygens (including phenoxy) is 4. The molecule has 30 heavy (non-hydrogen) atoms. The monoisotopic (exact) mass is 402 g/mol. The maximum Gasteiger partial charge on any atom is 0.343 e. The van der Waals surface area contributed by atoms with Crippen molar-refractivity contribution < 1.29 is 28.5 Å². The summed E-state index contributed by atoms with van der Waals surface area (Å²) in [5.74, 6) is 1.34. The maximum atomic E-state index is 12.6. The smallest absolute Gasteiger partial charge is 0.343 e. The van der Waals surface area contributed by atoms with Gasteiger partial charge in [-0.05, 0) is 54.1 Å². The van der Waals surface area contributed by atoms with E-state index in [4.69, 9.17) is 18.9 Å². The van der Waals surface area contributed by atoms with E-state index in [1.54, 1.807) is 61.7 Å². The minimum absolute atomic E-state index is 0.200. The van der Waals surface area contributed by atoms with E-state index in [1.165, 1.54) is 13.2 Å². The summed E-state index contributed by atoms with van der Waals surface area (Å²) < 4.78 is 21.4. The van der Waals surface area contributed by atoms with Crippen LogP contribution in [-0.4, -0.2) is 26.0 Å². The molecule has 0 aliphatic carbocycles. The van der Waals surface area contributed by atoms with Crippen molar-refractivity contribution in [2.24, 2.45) is 0 Å². The van der Waals surface area contributed by atoms with Crippen molar-refractivity contribution in [1.29, 1.82) is 0 Å². The molecule has 0 atom stereocenters. The lowest BCUT2D eigenvalue weighted by Gasteiger charge is -2.07. The van der Waals surface area contributed by atoms with E-state index in [1.807, 2.05) is 12.1 Å². The molecule has 3 aromatic carbocycles. The van der Waals surface area contributed by atoms with Gasteiger partial charge in [-0.1, -0.05) is 18.2 Å². The Bertz CT molecular complexity index is 1140. The molecule has 150 valence electrons. The highest BCUT2D eigenvalue weighted by Crippen LogP contribution is 2.35. The lowest BCUT2D eigenvalue weighted by Crippen LogP contribution is -2.08. The van der Waals surface area contributed by atoms with Gasteiger partial charge >= 0.3 is 5.97 Å². The fraction of sp³-hybridized carbons (Fsp3) is 0.0833. The summed E-state index contributed by atoms with van der Waals surface area (Å²) in [7, 11) is 3.11. The first-order valence-corrected chi connectivity index (χ1v) is 9.16. The molecular formula is C24H18O6. The minimum Gasteiger partial charge on any atom is -0.497 e. The summed E-state index contributed by atoms with van der Waals surface area (Å²) in [4.78, 5) is 25.0. The number of methoxy groups -OCH3 is 2. The number of carbonyl (C=O) groups excluding carboxylic acids is 2. The Morgan fingerprint density at radius 1 is 0.867 bits per heavy atom. The average molecular weight is 402 g/mol. The summed E-state index contributed by atoms with van der Waals surface area (Å²) in [5, 5.41) is 0. The molecule has 0 saturated heterocycles. The SMILES string of the molecule is COc1ccc(/C=C2\Oc3cc(OC(=O)c4cccc(OC)c4)ccc3C2=O)cc1. The van der Waals surface area contributed by atoms with Gasteiger partial charge in [-0.2, -0.15) is 0 Å². The third kappa shape index (κ3) is 3.89. The predicted molar refractivity (Wildman–Crippen MR) is 110 cm³/mol. The van der Waals surface area contributed by atoms with Crippen molar-refractivity contribution in [2.45, 2.75) is 0 Å². The van der Waals surface area contributed by atoms with Crippen LogP contribution in [0.3, 0.4) is 0 Å². The fourth-order valence-electron chi connectivity index (χ4n) is 3.00. The topological polar surface area (TPSA) is 71.1 Å². The van der Waals surface area contributed by atoms with Gasteiger partial charge in [0.1, 0.15) is 23.0 Å². The average Bonchev–Trinajstić information content (AvgIpc) is 3.08. The van der Waals surface area contributed by atoms with Crippen LogP contribution in [0, 0.1) is 0 Å². The second-order valence-electron chi connectivity index (χ2n) is 6.49. The molecule has 0 aromatic heterocycles. The third-order valence-electron chi connectivity index (χ3n) is 4.57. The number of Topliss-reactive ketones (excluding diaryl/α,β-unsaturated/α-hetero) is 1. The van der Waals surface area contributed by atoms with Crippen LogP contribution in [0.1, 0.15) is 26.3 Å².